The highest BCUT2D eigenvalue weighted by Gasteiger charge is 2.36. The van der Waals surface area contributed by atoms with Crippen molar-refractivity contribution in [1.82, 2.24) is 15.5 Å². The highest BCUT2D eigenvalue weighted by molar-refractivity contribution is 6.04. The van der Waals surface area contributed by atoms with Gasteiger partial charge in [-0.25, -0.2) is 0 Å². The zero-order chi connectivity index (χ0) is 16.2. The Labute approximate surface area is 129 Å². The third-order valence-corrected chi connectivity index (χ3v) is 4.24. The molecule has 1 aromatic heterocycles. The van der Waals surface area contributed by atoms with E-state index < -0.39 is 5.41 Å². The summed E-state index contributed by atoms with van der Waals surface area (Å²) in [4.78, 5) is 24.4. The minimum atomic E-state index is -0.698. The van der Waals surface area contributed by atoms with Crippen LogP contribution in [0.5, 0.6) is 0 Å². The van der Waals surface area contributed by atoms with Gasteiger partial charge in [0.25, 0.3) is 5.91 Å². The van der Waals surface area contributed by atoms with E-state index >= 15 is 0 Å². The molecule has 0 fully saturated rings. The van der Waals surface area contributed by atoms with Gasteiger partial charge in [-0.3, -0.25) is 14.7 Å². The van der Waals surface area contributed by atoms with Crippen molar-refractivity contribution in [1.29, 1.82) is 0 Å². The van der Waals surface area contributed by atoms with Crippen molar-refractivity contribution in [2.24, 2.45) is 5.41 Å². The predicted molar refractivity (Wildman–Crippen MR) is 83.5 cm³/mol. The minimum absolute atomic E-state index is 0.229. The summed E-state index contributed by atoms with van der Waals surface area (Å²) < 4.78 is 4.88. The topological polar surface area (TPSA) is 84.1 Å². The van der Waals surface area contributed by atoms with Gasteiger partial charge >= 0.3 is 5.97 Å². The number of nitrogens with one attached hydrogen (secondary N) is 2. The van der Waals surface area contributed by atoms with Crippen LogP contribution >= 0.6 is 0 Å². The number of rotatable bonds is 6. The molecule has 0 saturated heterocycles. The van der Waals surface area contributed by atoms with Gasteiger partial charge in [0.1, 0.15) is 0 Å². The number of carbonyl (C=O) groups is 2. The molecule has 0 spiro atoms. The molecule has 0 aliphatic heterocycles. The van der Waals surface area contributed by atoms with Gasteiger partial charge in [0.2, 0.25) is 0 Å². The summed E-state index contributed by atoms with van der Waals surface area (Å²) in [6.45, 7) is 4.06. The number of methoxy groups -OCH3 is 1. The molecule has 2 rings (SSSR count). The number of nitrogens with zero attached hydrogens (tertiary/aromatic N) is 1. The van der Waals surface area contributed by atoms with Gasteiger partial charge in [0.05, 0.1) is 18.0 Å². The maximum atomic E-state index is 12.4. The normalized spacial score (nSPS) is 11.4. The molecule has 1 aromatic carbocycles. The lowest BCUT2D eigenvalue weighted by molar-refractivity contribution is -0.152. The monoisotopic (exact) mass is 303 g/mol. The molecular formula is C16H21N3O3. The first-order valence-corrected chi connectivity index (χ1v) is 7.37. The van der Waals surface area contributed by atoms with Crippen LogP contribution in [0.2, 0.25) is 0 Å². The van der Waals surface area contributed by atoms with Gasteiger partial charge in [0.15, 0.2) is 5.69 Å². The molecule has 2 N–H and O–H groups in total. The number of fused-ring (bicyclic) bond motifs is 1. The Kier molecular flexibility index (Phi) is 4.80. The lowest BCUT2D eigenvalue weighted by Crippen LogP contribution is -2.43. The van der Waals surface area contributed by atoms with E-state index in [0.717, 1.165) is 10.9 Å². The van der Waals surface area contributed by atoms with Crippen LogP contribution < -0.4 is 5.32 Å². The average molecular weight is 303 g/mol. The maximum Gasteiger partial charge on any atom is 0.313 e. The lowest BCUT2D eigenvalue weighted by Gasteiger charge is -2.28. The Hall–Kier alpha value is -2.37. The van der Waals surface area contributed by atoms with Crippen molar-refractivity contribution >= 4 is 22.8 Å². The summed E-state index contributed by atoms with van der Waals surface area (Å²) in [7, 11) is 1.37. The van der Waals surface area contributed by atoms with E-state index in [0.29, 0.717) is 18.5 Å². The Morgan fingerprint density at radius 3 is 2.59 bits per heavy atom. The predicted octanol–water partition coefficient (Wildman–Crippen LogP) is 2.27. The van der Waals surface area contributed by atoms with E-state index in [1.54, 1.807) is 0 Å². The second-order valence-corrected chi connectivity index (χ2v) is 5.28. The minimum Gasteiger partial charge on any atom is -0.469 e. The number of hydrogen-bond acceptors (Lipinski definition) is 4. The number of aromatic nitrogens is 2. The summed E-state index contributed by atoms with van der Waals surface area (Å²) in [5.41, 5.74) is 0.440. The van der Waals surface area contributed by atoms with Gasteiger partial charge in [-0.1, -0.05) is 32.0 Å². The first-order chi connectivity index (χ1) is 10.6. The lowest BCUT2D eigenvalue weighted by atomic mass is 9.82. The molecule has 118 valence electrons. The first-order valence-electron chi connectivity index (χ1n) is 7.37. The Morgan fingerprint density at radius 2 is 1.95 bits per heavy atom. The molecule has 0 radical (unpaired) electrons. The molecule has 22 heavy (non-hydrogen) atoms. The van der Waals surface area contributed by atoms with Crippen molar-refractivity contribution in [3.63, 3.8) is 0 Å². The molecule has 0 atom stereocenters. The Morgan fingerprint density at radius 1 is 1.27 bits per heavy atom. The van der Waals surface area contributed by atoms with Crippen LogP contribution in [-0.2, 0) is 9.53 Å². The van der Waals surface area contributed by atoms with E-state index in [1.165, 1.54) is 7.11 Å². The standard InChI is InChI=1S/C16H21N3O3/c1-4-16(5-2,15(21)22-3)10-17-14(20)13-11-8-6-7-9-12(11)18-19-13/h6-9H,4-5,10H2,1-3H3,(H,17,20)(H,18,19). The Balaban J connectivity index is 2.16. The molecule has 0 bridgehead atoms. The summed E-state index contributed by atoms with van der Waals surface area (Å²) in [5.74, 6) is -0.600. The van der Waals surface area contributed by atoms with Crippen LogP contribution in [0.25, 0.3) is 10.9 Å². The zero-order valence-corrected chi connectivity index (χ0v) is 13.1. The highest BCUT2D eigenvalue weighted by Crippen LogP contribution is 2.27. The number of ether oxygens (including phenoxy) is 1. The molecule has 0 aliphatic rings. The fraction of sp³-hybridized carbons (Fsp3) is 0.438. The summed E-state index contributed by atoms with van der Waals surface area (Å²) in [6.07, 6.45) is 1.19. The van der Waals surface area contributed by atoms with Gasteiger partial charge in [-0.2, -0.15) is 5.10 Å². The second kappa shape index (κ2) is 6.60. The van der Waals surface area contributed by atoms with Crippen LogP contribution in [0.15, 0.2) is 24.3 Å². The van der Waals surface area contributed by atoms with Crippen LogP contribution in [0.3, 0.4) is 0 Å². The van der Waals surface area contributed by atoms with Crippen molar-refractivity contribution < 1.29 is 14.3 Å². The van der Waals surface area contributed by atoms with E-state index in [2.05, 4.69) is 15.5 Å². The number of aromatic amines is 1. The number of benzene rings is 1. The molecular weight excluding hydrogens is 282 g/mol. The smallest absolute Gasteiger partial charge is 0.313 e. The second-order valence-electron chi connectivity index (χ2n) is 5.28. The van der Waals surface area contributed by atoms with E-state index in [9.17, 15) is 9.59 Å². The van der Waals surface area contributed by atoms with Gasteiger partial charge in [0, 0.05) is 11.9 Å². The van der Waals surface area contributed by atoms with Gasteiger partial charge < -0.3 is 10.1 Å². The number of hydrogen-bond donors (Lipinski definition) is 2. The molecule has 1 amide bonds. The number of para-hydroxylation sites is 1. The Bertz CT molecular complexity index is 674. The molecule has 0 unspecified atom stereocenters. The van der Waals surface area contributed by atoms with Crippen LogP contribution in [0.1, 0.15) is 37.2 Å². The fourth-order valence-corrected chi connectivity index (χ4v) is 2.55. The molecule has 6 heteroatoms. The molecule has 0 aliphatic carbocycles. The van der Waals surface area contributed by atoms with Crippen molar-refractivity contribution in [3.8, 4) is 0 Å². The number of H-pyrrole nitrogens is 1. The number of amides is 1. The van der Waals surface area contributed by atoms with E-state index in [1.807, 2.05) is 38.1 Å². The third-order valence-electron chi connectivity index (χ3n) is 4.24. The first kappa shape index (κ1) is 16.0. The van der Waals surface area contributed by atoms with Gasteiger partial charge in [-0.15, -0.1) is 0 Å². The van der Waals surface area contributed by atoms with E-state index in [4.69, 9.17) is 4.74 Å². The maximum absolute atomic E-state index is 12.4. The fourth-order valence-electron chi connectivity index (χ4n) is 2.55. The van der Waals surface area contributed by atoms with Crippen molar-refractivity contribution in [3.05, 3.63) is 30.0 Å². The SMILES string of the molecule is CCC(CC)(CNC(=O)c1n[nH]c2ccccc12)C(=O)OC. The van der Waals surface area contributed by atoms with Gasteiger partial charge in [-0.05, 0) is 18.9 Å². The molecule has 6 nitrogen and oxygen atoms in total. The quantitative estimate of drug-likeness (QED) is 0.802. The van der Waals surface area contributed by atoms with Crippen LogP contribution in [0, 0.1) is 5.41 Å². The highest BCUT2D eigenvalue weighted by atomic mass is 16.5. The zero-order valence-electron chi connectivity index (χ0n) is 13.1. The molecule has 2 aromatic rings. The summed E-state index contributed by atoms with van der Waals surface area (Å²) in [6, 6.07) is 7.42. The van der Waals surface area contributed by atoms with Crippen molar-refractivity contribution in [2.45, 2.75) is 26.7 Å². The third kappa shape index (κ3) is 2.81. The number of esters is 1. The summed E-state index contributed by atoms with van der Waals surface area (Å²) >= 11 is 0. The van der Waals surface area contributed by atoms with Crippen LogP contribution in [-0.4, -0.2) is 35.7 Å². The average Bonchev–Trinajstić information content (AvgIpc) is 2.99. The molecule has 1 heterocycles. The van der Waals surface area contributed by atoms with E-state index in [-0.39, 0.29) is 18.4 Å². The summed E-state index contributed by atoms with van der Waals surface area (Å²) in [5, 5.41) is 10.5. The molecule has 0 saturated carbocycles. The van der Waals surface area contributed by atoms with Crippen LogP contribution in [0.4, 0.5) is 0 Å². The largest absolute Gasteiger partial charge is 0.469 e. The van der Waals surface area contributed by atoms with Crippen molar-refractivity contribution in [2.75, 3.05) is 13.7 Å². The number of carbonyl (C=O) groups excluding carboxylic acids is 2.